The van der Waals surface area contributed by atoms with E-state index < -0.39 is 0 Å². The van der Waals surface area contributed by atoms with Crippen LogP contribution in [0.5, 0.6) is 0 Å². The van der Waals surface area contributed by atoms with Crippen molar-refractivity contribution in [3.63, 3.8) is 0 Å². The molecular weight excluding hydrogens is 181 g/mol. The molecule has 0 saturated heterocycles. The van der Waals surface area contributed by atoms with E-state index in [2.05, 4.69) is 10.3 Å². The van der Waals surface area contributed by atoms with Gasteiger partial charge in [0.1, 0.15) is 0 Å². The third-order valence-electron chi connectivity index (χ3n) is 2.49. The average molecular weight is 195 g/mol. The molecule has 14 heavy (non-hydrogen) atoms. The number of halogens is 1. The number of hydrogen-bond donors (Lipinski definition) is 2. The van der Waals surface area contributed by atoms with Gasteiger partial charge in [0.05, 0.1) is 0 Å². The van der Waals surface area contributed by atoms with Crippen molar-refractivity contribution in [2.45, 2.75) is 18.9 Å². The fourth-order valence-corrected chi connectivity index (χ4v) is 1.42. The van der Waals surface area contributed by atoms with E-state index in [9.17, 15) is 4.39 Å². The lowest BCUT2D eigenvalue weighted by atomic mass is 10.2. The van der Waals surface area contributed by atoms with Gasteiger partial charge < -0.3 is 11.1 Å². The zero-order valence-corrected chi connectivity index (χ0v) is 7.91. The van der Waals surface area contributed by atoms with Crippen LogP contribution >= 0.6 is 0 Å². The van der Waals surface area contributed by atoms with Crippen LogP contribution in [0.1, 0.15) is 12.8 Å². The second kappa shape index (κ2) is 3.92. The Morgan fingerprint density at radius 1 is 1.64 bits per heavy atom. The lowest BCUT2D eigenvalue weighted by Gasteiger charge is -2.11. The minimum absolute atomic E-state index is 0.122. The molecule has 4 heteroatoms. The highest BCUT2D eigenvalue weighted by Gasteiger charge is 2.28. The first-order valence-electron chi connectivity index (χ1n) is 4.87. The van der Waals surface area contributed by atoms with Crippen molar-refractivity contribution in [3.05, 3.63) is 24.1 Å². The molecule has 3 nitrogen and oxygen atoms in total. The third-order valence-corrected chi connectivity index (χ3v) is 2.49. The SMILES string of the molecule is NC(CNc1ncccc1F)C1CC1. The zero-order valence-electron chi connectivity index (χ0n) is 7.91. The monoisotopic (exact) mass is 195 g/mol. The first-order valence-corrected chi connectivity index (χ1v) is 4.87. The van der Waals surface area contributed by atoms with Crippen molar-refractivity contribution in [2.75, 3.05) is 11.9 Å². The van der Waals surface area contributed by atoms with Crippen LogP contribution in [0.2, 0.25) is 0 Å². The topological polar surface area (TPSA) is 50.9 Å². The minimum Gasteiger partial charge on any atom is -0.366 e. The zero-order chi connectivity index (χ0) is 9.97. The van der Waals surface area contributed by atoms with E-state index in [1.165, 1.54) is 18.9 Å². The molecule has 1 saturated carbocycles. The Morgan fingerprint density at radius 2 is 2.43 bits per heavy atom. The van der Waals surface area contributed by atoms with Gasteiger partial charge in [-0.25, -0.2) is 9.37 Å². The fraction of sp³-hybridized carbons (Fsp3) is 0.500. The smallest absolute Gasteiger partial charge is 0.165 e. The lowest BCUT2D eigenvalue weighted by molar-refractivity contribution is 0.602. The van der Waals surface area contributed by atoms with Crippen LogP contribution in [0.25, 0.3) is 0 Å². The summed E-state index contributed by atoms with van der Waals surface area (Å²) < 4.78 is 13.1. The molecule has 1 heterocycles. The maximum Gasteiger partial charge on any atom is 0.165 e. The van der Waals surface area contributed by atoms with Crippen LogP contribution in [0.15, 0.2) is 18.3 Å². The van der Waals surface area contributed by atoms with Gasteiger partial charge in [-0.05, 0) is 30.9 Å². The molecule has 3 N–H and O–H groups in total. The molecule has 1 unspecified atom stereocenters. The summed E-state index contributed by atoms with van der Waals surface area (Å²) in [7, 11) is 0. The number of nitrogens with one attached hydrogen (secondary N) is 1. The molecule has 0 radical (unpaired) electrons. The molecule has 1 aromatic heterocycles. The van der Waals surface area contributed by atoms with Crippen molar-refractivity contribution in [2.24, 2.45) is 11.7 Å². The molecule has 1 aliphatic rings. The van der Waals surface area contributed by atoms with Crippen LogP contribution in [-0.4, -0.2) is 17.6 Å². The molecule has 0 aromatic carbocycles. The van der Waals surface area contributed by atoms with E-state index in [1.807, 2.05) is 0 Å². The first kappa shape index (κ1) is 9.40. The highest BCUT2D eigenvalue weighted by atomic mass is 19.1. The molecule has 0 amide bonds. The van der Waals surface area contributed by atoms with Gasteiger partial charge in [0.25, 0.3) is 0 Å². The van der Waals surface area contributed by atoms with Gasteiger partial charge in [-0.3, -0.25) is 0 Å². The van der Waals surface area contributed by atoms with Gasteiger partial charge in [0.2, 0.25) is 0 Å². The minimum atomic E-state index is -0.324. The molecular formula is C10H14FN3. The molecule has 0 aliphatic heterocycles. The van der Waals surface area contributed by atoms with Crippen molar-refractivity contribution in [1.29, 1.82) is 0 Å². The van der Waals surface area contributed by atoms with E-state index in [4.69, 9.17) is 5.73 Å². The standard InChI is InChI=1S/C10H14FN3/c11-8-2-1-5-13-10(8)14-6-9(12)7-3-4-7/h1-2,5,7,9H,3-4,6,12H2,(H,13,14). The molecule has 1 fully saturated rings. The molecule has 2 rings (SSSR count). The van der Waals surface area contributed by atoms with Crippen LogP contribution in [0.3, 0.4) is 0 Å². The summed E-state index contributed by atoms with van der Waals surface area (Å²) >= 11 is 0. The summed E-state index contributed by atoms with van der Waals surface area (Å²) in [5.74, 6) is 0.591. The van der Waals surface area contributed by atoms with Crippen molar-refractivity contribution >= 4 is 5.82 Å². The predicted molar refractivity (Wildman–Crippen MR) is 53.4 cm³/mol. The van der Waals surface area contributed by atoms with Gasteiger partial charge in [-0.15, -0.1) is 0 Å². The molecule has 76 valence electrons. The third kappa shape index (κ3) is 2.20. The number of aromatic nitrogens is 1. The normalized spacial score (nSPS) is 17.9. The van der Waals surface area contributed by atoms with E-state index in [0.29, 0.717) is 18.3 Å². The van der Waals surface area contributed by atoms with Crippen LogP contribution < -0.4 is 11.1 Å². The largest absolute Gasteiger partial charge is 0.366 e. The lowest BCUT2D eigenvalue weighted by Crippen LogP contribution is -2.31. The average Bonchev–Trinajstić information content (AvgIpc) is 2.99. The van der Waals surface area contributed by atoms with E-state index >= 15 is 0 Å². The Morgan fingerprint density at radius 3 is 3.07 bits per heavy atom. The van der Waals surface area contributed by atoms with Gasteiger partial charge in [0.15, 0.2) is 11.6 Å². The first-order chi connectivity index (χ1) is 6.77. The highest BCUT2D eigenvalue weighted by molar-refractivity contribution is 5.35. The Bertz CT molecular complexity index is 312. The molecule has 1 aliphatic carbocycles. The van der Waals surface area contributed by atoms with Crippen LogP contribution in [0.4, 0.5) is 10.2 Å². The summed E-state index contributed by atoms with van der Waals surface area (Å²) in [5, 5.41) is 2.92. The Kier molecular flexibility index (Phi) is 2.63. The summed E-state index contributed by atoms with van der Waals surface area (Å²) in [6.07, 6.45) is 3.97. The maximum atomic E-state index is 13.1. The number of rotatable bonds is 4. The number of anilines is 1. The summed E-state index contributed by atoms with van der Waals surface area (Å²) in [6, 6.07) is 3.08. The Labute approximate surface area is 82.5 Å². The molecule has 0 bridgehead atoms. The van der Waals surface area contributed by atoms with Crippen molar-refractivity contribution in [1.82, 2.24) is 4.98 Å². The van der Waals surface area contributed by atoms with Crippen molar-refractivity contribution < 1.29 is 4.39 Å². The Balaban J connectivity index is 1.87. The molecule has 1 atom stereocenters. The summed E-state index contributed by atoms with van der Waals surface area (Å²) in [4.78, 5) is 3.89. The molecule has 1 aromatic rings. The fourth-order valence-electron chi connectivity index (χ4n) is 1.42. The van der Waals surface area contributed by atoms with Gasteiger partial charge >= 0.3 is 0 Å². The van der Waals surface area contributed by atoms with Crippen LogP contribution in [-0.2, 0) is 0 Å². The number of nitrogens with zero attached hydrogens (tertiary/aromatic N) is 1. The second-order valence-electron chi connectivity index (χ2n) is 3.72. The number of hydrogen-bond acceptors (Lipinski definition) is 3. The van der Waals surface area contributed by atoms with Gasteiger partial charge in [-0.1, -0.05) is 0 Å². The second-order valence-corrected chi connectivity index (χ2v) is 3.72. The quantitative estimate of drug-likeness (QED) is 0.763. The highest BCUT2D eigenvalue weighted by Crippen LogP contribution is 2.31. The van der Waals surface area contributed by atoms with E-state index in [-0.39, 0.29) is 11.9 Å². The van der Waals surface area contributed by atoms with E-state index in [1.54, 1.807) is 12.3 Å². The number of nitrogens with two attached hydrogens (primary N) is 1. The molecule has 0 spiro atoms. The summed E-state index contributed by atoms with van der Waals surface area (Å²) in [5.41, 5.74) is 5.86. The Hall–Kier alpha value is -1.16. The summed E-state index contributed by atoms with van der Waals surface area (Å²) in [6.45, 7) is 0.596. The van der Waals surface area contributed by atoms with E-state index in [0.717, 1.165) is 0 Å². The predicted octanol–water partition coefficient (Wildman–Crippen LogP) is 1.37. The maximum absolute atomic E-state index is 13.1. The van der Waals surface area contributed by atoms with Crippen LogP contribution in [0, 0.1) is 11.7 Å². The van der Waals surface area contributed by atoms with Gasteiger partial charge in [0, 0.05) is 18.8 Å². The van der Waals surface area contributed by atoms with Gasteiger partial charge in [-0.2, -0.15) is 0 Å². The number of pyridine rings is 1. The van der Waals surface area contributed by atoms with Crippen molar-refractivity contribution in [3.8, 4) is 0 Å².